The molecule has 2 aromatic heterocycles. The van der Waals surface area contributed by atoms with Crippen LogP contribution in [0.1, 0.15) is 9.75 Å². The molecule has 0 amide bonds. The molecule has 80 valence electrons. The first-order valence-corrected chi connectivity index (χ1v) is 6.62. The molecule has 0 N–H and O–H groups in total. The summed E-state index contributed by atoms with van der Waals surface area (Å²) >= 11 is 8.94. The van der Waals surface area contributed by atoms with E-state index in [9.17, 15) is 0 Å². The lowest BCUT2D eigenvalue weighted by Gasteiger charge is -1.99. The second kappa shape index (κ2) is 5.61. The predicted octanol–water partition coefficient (Wildman–Crippen LogP) is 3.62. The lowest BCUT2D eigenvalue weighted by Crippen LogP contribution is -1.96. The maximum Gasteiger partial charge on any atom is 0.183 e. The van der Waals surface area contributed by atoms with Gasteiger partial charge in [0.2, 0.25) is 0 Å². The lowest BCUT2D eigenvalue weighted by atomic mass is 10.4. The zero-order chi connectivity index (χ0) is 10.5. The maximum atomic E-state index is 5.71. The largest absolute Gasteiger partial charge is 0.375 e. The first-order chi connectivity index (χ1) is 7.34. The number of hydrogen-bond donors (Lipinski definition) is 0. The summed E-state index contributed by atoms with van der Waals surface area (Å²) in [5, 5.41) is 2.08. The van der Waals surface area contributed by atoms with E-state index >= 15 is 0 Å². The van der Waals surface area contributed by atoms with Gasteiger partial charge in [-0.15, -0.1) is 22.7 Å². The fraction of sp³-hybridized carbons (Fsp3) is 0.300. The monoisotopic (exact) mass is 259 g/mol. The summed E-state index contributed by atoms with van der Waals surface area (Å²) in [7, 11) is 0. The summed E-state index contributed by atoms with van der Waals surface area (Å²) in [5.41, 5.74) is 0. The number of hydrogen-bond acceptors (Lipinski definition) is 4. The highest BCUT2D eigenvalue weighted by Gasteiger charge is 1.99. The van der Waals surface area contributed by atoms with Crippen LogP contribution < -0.4 is 0 Å². The molecule has 15 heavy (non-hydrogen) atoms. The topological polar surface area (TPSA) is 22.1 Å². The predicted molar refractivity (Wildman–Crippen MR) is 64.8 cm³/mol. The average molecular weight is 260 g/mol. The molecule has 0 aromatic carbocycles. The van der Waals surface area contributed by atoms with Gasteiger partial charge in [0.1, 0.15) is 0 Å². The molecule has 2 nitrogen and oxygen atoms in total. The minimum Gasteiger partial charge on any atom is -0.375 e. The van der Waals surface area contributed by atoms with Crippen molar-refractivity contribution in [2.75, 3.05) is 6.61 Å². The standard InChI is InChI=1S/C10H10ClNOS2/c11-10-12-6-9(15-10)7-13-4-3-8-2-1-5-14-8/h1-2,5-6H,3-4,7H2. The summed E-state index contributed by atoms with van der Waals surface area (Å²) in [6, 6.07) is 4.18. The highest BCUT2D eigenvalue weighted by atomic mass is 35.5. The molecule has 0 aliphatic rings. The Morgan fingerprint density at radius 1 is 1.40 bits per heavy atom. The van der Waals surface area contributed by atoms with Crippen LogP contribution in [0.3, 0.4) is 0 Å². The van der Waals surface area contributed by atoms with Crippen LogP contribution in [-0.4, -0.2) is 11.6 Å². The second-order valence-corrected chi connectivity index (χ2v) is 5.69. The van der Waals surface area contributed by atoms with E-state index in [1.54, 1.807) is 17.5 Å². The third-order valence-corrected chi connectivity index (χ3v) is 3.87. The van der Waals surface area contributed by atoms with Gasteiger partial charge in [-0.05, 0) is 11.4 Å². The number of halogens is 1. The van der Waals surface area contributed by atoms with Crippen molar-refractivity contribution in [3.05, 3.63) is 37.9 Å². The summed E-state index contributed by atoms with van der Waals surface area (Å²) in [6.45, 7) is 1.35. The molecule has 0 saturated heterocycles. The highest BCUT2D eigenvalue weighted by Crippen LogP contribution is 2.18. The minimum absolute atomic E-state index is 0.576. The Bertz CT molecular complexity index is 399. The Morgan fingerprint density at radius 3 is 3.00 bits per heavy atom. The molecule has 0 bridgehead atoms. The Balaban J connectivity index is 1.67. The molecule has 2 heterocycles. The van der Waals surface area contributed by atoms with E-state index in [-0.39, 0.29) is 0 Å². The quantitative estimate of drug-likeness (QED) is 0.766. The lowest BCUT2D eigenvalue weighted by molar-refractivity contribution is 0.126. The zero-order valence-electron chi connectivity index (χ0n) is 7.98. The fourth-order valence-corrected chi connectivity index (χ4v) is 2.76. The van der Waals surface area contributed by atoms with Crippen molar-refractivity contribution in [2.24, 2.45) is 0 Å². The van der Waals surface area contributed by atoms with Crippen molar-refractivity contribution in [3.63, 3.8) is 0 Å². The summed E-state index contributed by atoms with van der Waals surface area (Å²) in [4.78, 5) is 6.39. The highest BCUT2D eigenvalue weighted by molar-refractivity contribution is 7.15. The Hall–Kier alpha value is -0.420. The van der Waals surface area contributed by atoms with Crippen LogP contribution in [0.5, 0.6) is 0 Å². The van der Waals surface area contributed by atoms with E-state index < -0.39 is 0 Å². The van der Waals surface area contributed by atoms with Gasteiger partial charge in [0.15, 0.2) is 4.47 Å². The molecule has 2 rings (SSSR count). The maximum absolute atomic E-state index is 5.71. The molecule has 0 radical (unpaired) electrons. The van der Waals surface area contributed by atoms with Crippen molar-refractivity contribution in [2.45, 2.75) is 13.0 Å². The number of aromatic nitrogens is 1. The summed E-state index contributed by atoms with van der Waals surface area (Å²) < 4.78 is 6.10. The van der Waals surface area contributed by atoms with Crippen LogP contribution in [0.4, 0.5) is 0 Å². The SMILES string of the molecule is Clc1ncc(COCCc2cccs2)s1. The van der Waals surface area contributed by atoms with Crippen LogP contribution in [0.15, 0.2) is 23.7 Å². The summed E-state index contributed by atoms with van der Waals surface area (Å²) in [6.07, 6.45) is 2.74. The van der Waals surface area contributed by atoms with Gasteiger partial charge in [-0.2, -0.15) is 0 Å². The minimum atomic E-state index is 0.576. The van der Waals surface area contributed by atoms with Gasteiger partial charge < -0.3 is 4.74 Å². The fourth-order valence-electron chi connectivity index (χ4n) is 1.15. The second-order valence-electron chi connectivity index (χ2n) is 2.96. The van der Waals surface area contributed by atoms with Crippen LogP contribution in [0, 0.1) is 0 Å². The molecule has 2 aromatic rings. The van der Waals surface area contributed by atoms with Crippen molar-refractivity contribution in [3.8, 4) is 0 Å². The number of rotatable bonds is 5. The van der Waals surface area contributed by atoms with E-state index in [4.69, 9.17) is 16.3 Å². The summed E-state index contributed by atoms with van der Waals surface area (Å²) in [5.74, 6) is 0. The van der Waals surface area contributed by atoms with Gasteiger partial charge in [-0.3, -0.25) is 0 Å². The van der Waals surface area contributed by atoms with E-state index in [1.807, 2.05) is 0 Å². The van der Waals surface area contributed by atoms with E-state index in [1.165, 1.54) is 16.2 Å². The van der Waals surface area contributed by atoms with Crippen molar-refractivity contribution >= 4 is 34.3 Å². The van der Waals surface area contributed by atoms with Crippen LogP contribution >= 0.6 is 34.3 Å². The Kier molecular flexibility index (Phi) is 4.14. The third-order valence-electron chi connectivity index (χ3n) is 1.84. The zero-order valence-corrected chi connectivity index (χ0v) is 10.4. The van der Waals surface area contributed by atoms with E-state index in [2.05, 4.69) is 22.5 Å². The molecule has 0 aliphatic carbocycles. The van der Waals surface area contributed by atoms with Crippen molar-refractivity contribution < 1.29 is 4.74 Å². The molecule has 0 unspecified atom stereocenters. The van der Waals surface area contributed by atoms with Crippen molar-refractivity contribution in [1.82, 2.24) is 4.98 Å². The molecule has 0 saturated carbocycles. The normalized spacial score (nSPS) is 10.7. The van der Waals surface area contributed by atoms with E-state index in [0.29, 0.717) is 11.1 Å². The van der Waals surface area contributed by atoms with Crippen LogP contribution in [-0.2, 0) is 17.8 Å². The molecule has 0 aliphatic heterocycles. The van der Waals surface area contributed by atoms with Crippen LogP contribution in [0.2, 0.25) is 4.47 Å². The molecule has 0 spiro atoms. The Morgan fingerprint density at radius 2 is 2.33 bits per heavy atom. The van der Waals surface area contributed by atoms with Gasteiger partial charge in [-0.25, -0.2) is 4.98 Å². The first-order valence-electron chi connectivity index (χ1n) is 4.55. The number of thiophene rings is 1. The van der Waals surface area contributed by atoms with Gasteiger partial charge in [0.25, 0.3) is 0 Å². The van der Waals surface area contributed by atoms with Gasteiger partial charge in [0, 0.05) is 17.5 Å². The smallest absolute Gasteiger partial charge is 0.183 e. The van der Waals surface area contributed by atoms with Gasteiger partial charge in [-0.1, -0.05) is 17.7 Å². The third kappa shape index (κ3) is 3.57. The molecular weight excluding hydrogens is 250 g/mol. The average Bonchev–Trinajstić information content (AvgIpc) is 2.84. The number of ether oxygens (including phenoxy) is 1. The van der Waals surface area contributed by atoms with E-state index in [0.717, 1.165) is 17.9 Å². The molecule has 5 heteroatoms. The molecule has 0 fully saturated rings. The van der Waals surface area contributed by atoms with Crippen LogP contribution in [0.25, 0.3) is 0 Å². The Labute approximate surface area is 102 Å². The van der Waals surface area contributed by atoms with Gasteiger partial charge in [0.05, 0.1) is 18.1 Å². The molecular formula is C10H10ClNOS2. The number of thiazole rings is 1. The first kappa shape index (κ1) is 11.1. The van der Waals surface area contributed by atoms with Gasteiger partial charge >= 0.3 is 0 Å². The molecule has 0 atom stereocenters. The number of nitrogens with zero attached hydrogens (tertiary/aromatic N) is 1. The van der Waals surface area contributed by atoms with Crippen molar-refractivity contribution in [1.29, 1.82) is 0 Å².